The van der Waals surface area contributed by atoms with E-state index in [2.05, 4.69) is 6.58 Å². The van der Waals surface area contributed by atoms with Crippen LogP contribution in [0.4, 0.5) is 12.9 Å². The minimum absolute atomic E-state index is 0. The predicted octanol–water partition coefficient (Wildman–Crippen LogP) is -0.642. The maximum Gasteiger partial charge on any atom is 1.00 e. The molecule has 0 spiro atoms. The first-order valence-corrected chi connectivity index (χ1v) is 3.33. The van der Waals surface area contributed by atoms with Crippen LogP contribution in [0.15, 0.2) is 12.1 Å². The van der Waals surface area contributed by atoms with Gasteiger partial charge in [0.25, 0.3) is 0 Å². The Balaban J connectivity index is 0. The third-order valence-corrected chi connectivity index (χ3v) is 1.06. The zero-order valence-electron chi connectivity index (χ0n) is 7.61. The zero-order valence-corrected chi connectivity index (χ0v) is 10.7. The van der Waals surface area contributed by atoms with Crippen LogP contribution in [0.25, 0.3) is 0 Å². The van der Waals surface area contributed by atoms with E-state index in [0.717, 1.165) is 0 Å². The average Bonchev–Trinajstić information content (AvgIpc) is 1.80. The minimum Gasteiger partial charge on any atom is -0.445 e. The van der Waals surface area contributed by atoms with E-state index in [1.165, 1.54) is 0 Å². The smallest absolute Gasteiger partial charge is 0.445 e. The fraction of sp³-hybridized carbons (Fsp3) is 0.667. The molecule has 1 nitrogen and oxygen atoms in total. The van der Waals surface area contributed by atoms with Crippen LogP contribution in [0.2, 0.25) is 0 Å². The Kier molecular flexibility index (Phi) is 8.63. The van der Waals surface area contributed by atoms with Gasteiger partial charge in [-0.2, -0.15) is 0 Å². The van der Waals surface area contributed by atoms with Crippen molar-refractivity contribution in [3.63, 3.8) is 0 Å². The van der Waals surface area contributed by atoms with Crippen molar-refractivity contribution in [3.8, 4) is 0 Å². The van der Waals surface area contributed by atoms with Gasteiger partial charge < -0.3 is 17.7 Å². The summed E-state index contributed by atoms with van der Waals surface area (Å²) in [7, 11) is 0. The SMILES string of the molecule is C=C(COC(C)C)[B-](F)(F)F.[K+]. The molecule has 0 aliphatic carbocycles. The quantitative estimate of drug-likeness (QED) is 0.556. The molecule has 0 fully saturated rings. The van der Waals surface area contributed by atoms with E-state index < -0.39 is 19.1 Å². The molecule has 0 radical (unpaired) electrons. The van der Waals surface area contributed by atoms with Crippen molar-refractivity contribution < 1.29 is 69.1 Å². The van der Waals surface area contributed by atoms with Gasteiger partial charge in [-0.15, -0.1) is 12.1 Å². The molecular formula is C6H11BF3KO. The Morgan fingerprint density at radius 1 is 1.42 bits per heavy atom. The first-order valence-electron chi connectivity index (χ1n) is 3.33. The van der Waals surface area contributed by atoms with Crippen LogP contribution in [0.1, 0.15) is 13.8 Å². The van der Waals surface area contributed by atoms with Crippen LogP contribution < -0.4 is 51.4 Å². The molecule has 0 amide bonds. The van der Waals surface area contributed by atoms with Gasteiger partial charge in [0, 0.05) is 6.61 Å². The second-order valence-electron chi connectivity index (χ2n) is 2.59. The number of hydrogen-bond acceptors (Lipinski definition) is 1. The van der Waals surface area contributed by atoms with Crippen LogP contribution >= 0.6 is 0 Å². The predicted molar refractivity (Wildman–Crippen MR) is 39.3 cm³/mol. The van der Waals surface area contributed by atoms with Gasteiger partial charge in [0.1, 0.15) is 0 Å². The van der Waals surface area contributed by atoms with Gasteiger partial charge in [0.15, 0.2) is 0 Å². The van der Waals surface area contributed by atoms with Gasteiger partial charge >= 0.3 is 58.4 Å². The molecule has 0 saturated carbocycles. The fourth-order valence-corrected chi connectivity index (χ4v) is 0.368. The molecule has 0 aliphatic heterocycles. The van der Waals surface area contributed by atoms with Crippen molar-refractivity contribution in [1.82, 2.24) is 0 Å². The van der Waals surface area contributed by atoms with Crippen molar-refractivity contribution in [3.05, 3.63) is 12.1 Å². The Labute approximate surface area is 113 Å². The summed E-state index contributed by atoms with van der Waals surface area (Å²) in [6.07, 6.45) is -0.190. The molecule has 0 atom stereocenters. The molecule has 66 valence electrons. The standard InChI is InChI=1S/C6H11BF3O.K/c1-5(2)11-4-6(3)7(8,9)10;/h5H,3-4H2,1-2H3;/q-1;+1. The molecule has 0 heterocycles. The molecule has 0 aromatic carbocycles. The Morgan fingerprint density at radius 3 is 2.08 bits per heavy atom. The van der Waals surface area contributed by atoms with E-state index in [9.17, 15) is 12.9 Å². The first kappa shape index (κ1) is 15.7. The largest absolute Gasteiger partial charge is 1.00 e. The summed E-state index contributed by atoms with van der Waals surface area (Å²) in [5, 5.41) is 0. The third-order valence-electron chi connectivity index (χ3n) is 1.06. The van der Waals surface area contributed by atoms with E-state index in [1.54, 1.807) is 13.8 Å². The molecule has 0 N–H and O–H groups in total. The monoisotopic (exact) mass is 206 g/mol. The number of halogens is 3. The molecule has 12 heavy (non-hydrogen) atoms. The average molecular weight is 206 g/mol. The van der Waals surface area contributed by atoms with Crippen molar-refractivity contribution in [2.75, 3.05) is 6.61 Å². The molecular weight excluding hydrogens is 195 g/mol. The maximum absolute atomic E-state index is 11.8. The van der Waals surface area contributed by atoms with E-state index >= 15 is 0 Å². The van der Waals surface area contributed by atoms with Crippen LogP contribution in [0, 0.1) is 0 Å². The van der Waals surface area contributed by atoms with Gasteiger partial charge in [0.05, 0.1) is 6.10 Å². The second kappa shape index (κ2) is 6.62. The summed E-state index contributed by atoms with van der Waals surface area (Å²) in [5.74, 6) is 0. The van der Waals surface area contributed by atoms with Crippen LogP contribution in [-0.2, 0) is 4.74 Å². The Hall–Kier alpha value is 1.19. The van der Waals surface area contributed by atoms with Crippen molar-refractivity contribution in [2.45, 2.75) is 20.0 Å². The molecule has 0 unspecified atom stereocenters. The maximum atomic E-state index is 11.8. The molecule has 0 rings (SSSR count). The molecule has 0 aromatic rings. The summed E-state index contributed by atoms with van der Waals surface area (Å²) < 4.78 is 40.1. The van der Waals surface area contributed by atoms with Crippen molar-refractivity contribution >= 4 is 6.98 Å². The Bertz CT molecular complexity index is 146. The molecule has 0 aliphatic rings. The van der Waals surface area contributed by atoms with Crippen LogP contribution in [0.3, 0.4) is 0 Å². The van der Waals surface area contributed by atoms with Gasteiger partial charge in [-0.1, -0.05) is 0 Å². The van der Waals surface area contributed by atoms with E-state index in [1.807, 2.05) is 0 Å². The molecule has 6 heteroatoms. The van der Waals surface area contributed by atoms with Gasteiger partial charge in [-0.3, -0.25) is 0 Å². The molecule has 0 saturated heterocycles. The van der Waals surface area contributed by atoms with E-state index in [0.29, 0.717) is 0 Å². The van der Waals surface area contributed by atoms with Gasteiger partial charge in [-0.25, -0.2) is 0 Å². The number of ether oxygens (including phenoxy) is 1. The van der Waals surface area contributed by atoms with Crippen molar-refractivity contribution in [2.24, 2.45) is 0 Å². The van der Waals surface area contributed by atoms with Crippen molar-refractivity contribution in [1.29, 1.82) is 0 Å². The summed E-state index contributed by atoms with van der Waals surface area (Å²) in [4.78, 5) is 0. The van der Waals surface area contributed by atoms with Gasteiger partial charge in [0.2, 0.25) is 0 Å². The second-order valence-corrected chi connectivity index (χ2v) is 2.59. The summed E-state index contributed by atoms with van der Waals surface area (Å²) in [6.45, 7) is 0.895. The summed E-state index contributed by atoms with van der Waals surface area (Å²) >= 11 is 0. The Morgan fingerprint density at radius 2 is 1.83 bits per heavy atom. The molecule has 0 bridgehead atoms. The summed E-state index contributed by atoms with van der Waals surface area (Å²) in [5.41, 5.74) is -0.779. The van der Waals surface area contributed by atoms with Gasteiger partial charge in [-0.05, 0) is 13.8 Å². The topological polar surface area (TPSA) is 9.23 Å². The molecule has 0 aromatic heterocycles. The third kappa shape index (κ3) is 7.82. The number of hydrogen-bond donors (Lipinski definition) is 0. The van der Waals surface area contributed by atoms with Crippen LogP contribution in [-0.4, -0.2) is 19.7 Å². The minimum atomic E-state index is -4.92. The zero-order chi connectivity index (χ0) is 9.07. The fourth-order valence-electron chi connectivity index (χ4n) is 0.368. The number of rotatable bonds is 4. The normalized spacial score (nSPS) is 11.2. The van der Waals surface area contributed by atoms with E-state index in [-0.39, 0.29) is 57.5 Å². The first-order chi connectivity index (χ1) is 4.84. The summed E-state index contributed by atoms with van der Waals surface area (Å²) in [6, 6.07) is 0. The van der Waals surface area contributed by atoms with Crippen LogP contribution in [0.5, 0.6) is 0 Å². The van der Waals surface area contributed by atoms with E-state index in [4.69, 9.17) is 4.74 Å².